The third kappa shape index (κ3) is 1.84. The summed E-state index contributed by atoms with van der Waals surface area (Å²) in [5.74, 6) is 0.0130. The Morgan fingerprint density at radius 3 is 2.74 bits per heavy atom. The normalized spacial score (nSPS) is 11.1. The quantitative estimate of drug-likeness (QED) is 0.692. The van der Waals surface area contributed by atoms with Crippen LogP contribution in [-0.2, 0) is 6.61 Å². The van der Waals surface area contributed by atoms with Gasteiger partial charge in [0.05, 0.1) is 16.7 Å². The largest absolute Gasteiger partial charge is 0.399 e. The summed E-state index contributed by atoms with van der Waals surface area (Å²) in [5.41, 5.74) is 7.99. The Bertz CT molecular complexity index is 752. The summed E-state index contributed by atoms with van der Waals surface area (Å²) in [5, 5.41) is 9.40. The molecule has 0 spiro atoms. The molecule has 0 aliphatic heterocycles. The summed E-state index contributed by atoms with van der Waals surface area (Å²) in [6.07, 6.45) is 0. The molecule has 4 nitrogen and oxygen atoms in total. The van der Waals surface area contributed by atoms with Crippen molar-refractivity contribution in [3.05, 3.63) is 54.1 Å². The lowest BCUT2D eigenvalue weighted by Crippen LogP contribution is -2.03. The van der Waals surface area contributed by atoms with Crippen LogP contribution in [-0.4, -0.2) is 14.7 Å². The first-order valence-corrected chi connectivity index (χ1v) is 5.83. The van der Waals surface area contributed by atoms with E-state index < -0.39 is 0 Å². The van der Waals surface area contributed by atoms with Crippen molar-refractivity contribution < 1.29 is 9.50 Å². The van der Waals surface area contributed by atoms with Crippen LogP contribution in [0.3, 0.4) is 0 Å². The smallest absolute Gasteiger partial charge is 0.147 e. The number of imidazole rings is 1. The van der Waals surface area contributed by atoms with Crippen molar-refractivity contribution in [2.45, 2.75) is 6.61 Å². The van der Waals surface area contributed by atoms with E-state index in [1.807, 2.05) is 0 Å². The van der Waals surface area contributed by atoms with Gasteiger partial charge in [-0.1, -0.05) is 12.1 Å². The second-order valence-electron chi connectivity index (χ2n) is 4.22. The van der Waals surface area contributed by atoms with Crippen LogP contribution >= 0.6 is 0 Å². The number of anilines is 1. The molecule has 0 aliphatic carbocycles. The van der Waals surface area contributed by atoms with E-state index in [9.17, 15) is 9.50 Å². The van der Waals surface area contributed by atoms with Crippen molar-refractivity contribution in [1.29, 1.82) is 0 Å². The van der Waals surface area contributed by atoms with Gasteiger partial charge in [-0.05, 0) is 30.3 Å². The number of aliphatic hydroxyl groups excluding tert-OH is 1. The number of nitrogens with two attached hydrogens (primary N) is 1. The Kier molecular flexibility index (Phi) is 2.68. The van der Waals surface area contributed by atoms with E-state index in [1.165, 1.54) is 6.07 Å². The van der Waals surface area contributed by atoms with Gasteiger partial charge >= 0.3 is 0 Å². The number of hydrogen-bond acceptors (Lipinski definition) is 3. The highest BCUT2D eigenvalue weighted by molar-refractivity contribution is 5.81. The van der Waals surface area contributed by atoms with E-state index >= 15 is 0 Å². The zero-order chi connectivity index (χ0) is 13.4. The standard InChI is InChI=1S/C14H12FN3O/c15-10-3-1-2-4-12(10)18-13-6-5-9(16)7-11(13)17-14(18)8-19/h1-7,19H,8,16H2. The lowest BCUT2D eigenvalue weighted by Gasteiger charge is -2.08. The summed E-state index contributed by atoms with van der Waals surface area (Å²) < 4.78 is 15.5. The van der Waals surface area contributed by atoms with Gasteiger partial charge in [0.15, 0.2) is 0 Å². The molecule has 0 radical (unpaired) electrons. The number of para-hydroxylation sites is 1. The molecule has 1 heterocycles. The van der Waals surface area contributed by atoms with Crippen LogP contribution in [0.25, 0.3) is 16.7 Å². The molecule has 1 aromatic heterocycles. The Balaban J connectivity index is 2.36. The zero-order valence-electron chi connectivity index (χ0n) is 10.0. The van der Waals surface area contributed by atoms with Crippen molar-refractivity contribution in [1.82, 2.24) is 9.55 Å². The second-order valence-corrected chi connectivity index (χ2v) is 4.22. The minimum Gasteiger partial charge on any atom is -0.399 e. The van der Waals surface area contributed by atoms with E-state index in [2.05, 4.69) is 4.98 Å². The van der Waals surface area contributed by atoms with Gasteiger partial charge < -0.3 is 10.8 Å². The monoisotopic (exact) mass is 257 g/mol. The maximum Gasteiger partial charge on any atom is 0.147 e. The van der Waals surface area contributed by atoms with Crippen molar-refractivity contribution in [3.8, 4) is 5.69 Å². The minimum absolute atomic E-state index is 0.275. The number of rotatable bonds is 2. The van der Waals surface area contributed by atoms with Gasteiger partial charge in [-0.15, -0.1) is 0 Å². The van der Waals surface area contributed by atoms with Gasteiger partial charge in [0, 0.05) is 5.69 Å². The maximum atomic E-state index is 13.9. The third-order valence-corrected chi connectivity index (χ3v) is 2.98. The average molecular weight is 257 g/mol. The van der Waals surface area contributed by atoms with Gasteiger partial charge in [0.2, 0.25) is 0 Å². The number of nitrogens with zero attached hydrogens (tertiary/aromatic N) is 2. The molecule has 0 bridgehead atoms. The molecule has 3 rings (SSSR count). The van der Waals surface area contributed by atoms with Gasteiger partial charge in [0.1, 0.15) is 18.2 Å². The Morgan fingerprint density at radius 1 is 1.21 bits per heavy atom. The first-order chi connectivity index (χ1) is 9.20. The SMILES string of the molecule is Nc1ccc2c(c1)nc(CO)n2-c1ccccc1F. The molecule has 19 heavy (non-hydrogen) atoms. The lowest BCUT2D eigenvalue weighted by atomic mass is 10.2. The number of fused-ring (bicyclic) bond motifs is 1. The van der Waals surface area contributed by atoms with Gasteiger partial charge in [0.25, 0.3) is 0 Å². The van der Waals surface area contributed by atoms with Crippen molar-refractivity contribution >= 4 is 16.7 Å². The van der Waals surface area contributed by atoms with Gasteiger partial charge in [-0.2, -0.15) is 0 Å². The molecule has 0 atom stereocenters. The highest BCUT2D eigenvalue weighted by atomic mass is 19.1. The van der Waals surface area contributed by atoms with E-state index in [4.69, 9.17) is 5.73 Å². The molecule has 3 aromatic rings. The molecular weight excluding hydrogens is 245 g/mol. The Hall–Kier alpha value is -2.40. The number of aromatic nitrogens is 2. The molecule has 3 N–H and O–H groups in total. The van der Waals surface area contributed by atoms with Crippen molar-refractivity contribution in [3.63, 3.8) is 0 Å². The predicted molar refractivity (Wildman–Crippen MR) is 71.4 cm³/mol. The molecule has 0 aliphatic rings. The summed E-state index contributed by atoms with van der Waals surface area (Å²) in [6, 6.07) is 11.6. The van der Waals surface area contributed by atoms with Crippen LogP contribution in [0.2, 0.25) is 0 Å². The molecule has 96 valence electrons. The fraction of sp³-hybridized carbons (Fsp3) is 0.0714. The predicted octanol–water partition coefficient (Wildman–Crippen LogP) is 2.24. The molecule has 0 saturated heterocycles. The molecule has 0 saturated carbocycles. The van der Waals surface area contributed by atoms with E-state index in [1.54, 1.807) is 41.0 Å². The van der Waals surface area contributed by atoms with Crippen LogP contribution in [0.15, 0.2) is 42.5 Å². The minimum atomic E-state index is -0.367. The number of benzene rings is 2. The number of hydrogen-bond donors (Lipinski definition) is 2. The van der Waals surface area contributed by atoms with E-state index in [0.29, 0.717) is 28.2 Å². The van der Waals surface area contributed by atoms with Crippen molar-refractivity contribution in [2.24, 2.45) is 0 Å². The molecule has 0 amide bonds. The Morgan fingerprint density at radius 2 is 2.00 bits per heavy atom. The molecule has 5 heteroatoms. The van der Waals surface area contributed by atoms with Gasteiger partial charge in [-0.25, -0.2) is 9.37 Å². The van der Waals surface area contributed by atoms with Gasteiger partial charge in [-0.3, -0.25) is 4.57 Å². The Labute approximate surface area is 108 Å². The highest BCUT2D eigenvalue weighted by Gasteiger charge is 2.14. The fourth-order valence-electron chi connectivity index (χ4n) is 2.16. The van der Waals surface area contributed by atoms with Crippen LogP contribution in [0.4, 0.5) is 10.1 Å². The summed E-state index contributed by atoms with van der Waals surface area (Å²) >= 11 is 0. The highest BCUT2D eigenvalue weighted by Crippen LogP contribution is 2.24. The maximum absolute atomic E-state index is 13.9. The first kappa shape index (κ1) is 11.7. The van der Waals surface area contributed by atoms with Crippen LogP contribution < -0.4 is 5.73 Å². The molecule has 0 unspecified atom stereocenters. The zero-order valence-corrected chi connectivity index (χ0v) is 10.0. The van der Waals surface area contributed by atoms with Crippen LogP contribution in [0.1, 0.15) is 5.82 Å². The average Bonchev–Trinajstić information content (AvgIpc) is 2.76. The fourth-order valence-corrected chi connectivity index (χ4v) is 2.16. The molecule has 0 fully saturated rings. The van der Waals surface area contributed by atoms with Crippen molar-refractivity contribution in [2.75, 3.05) is 5.73 Å². The number of nitrogen functional groups attached to an aromatic ring is 1. The van der Waals surface area contributed by atoms with Crippen LogP contribution in [0, 0.1) is 5.82 Å². The van der Waals surface area contributed by atoms with E-state index in [-0.39, 0.29) is 12.4 Å². The molecular formula is C14H12FN3O. The van der Waals surface area contributed by atoms with E-state index in [0.717, 1.165) is 0 Å². The first-order valence-electron chi connectivity index (χ1n) is 5.83. The number of aliphatic hydroxyl groups is 1. The summed E-state index contributed by atoms with van der Waals surface area (Å²) in [4.78, 5) is 4.28. The number of halogens is 1. The second kappa shape index (κ2) is 4.37. The lowest BCUT2D eigenvalue weighted by molar-refractivity contribution is 0.270. The summed E-state index contributed by atoms with van der Waals surface area (Å²) in [6.45, 7) is -0.275. The third-order valence-electron chi connectivity index (χ3n) is 2.98. The summed E-state index contributed by atoms with van der Waals surface area (Å²) in [7, 11) is 0. The molecule has 2 aromatic carbocycles. The van der Waals surface area contributed by atoms with Crippen LogP contribution in [0.5, 0.6) is 0 Å². The topological polar surface area (TPSA) is 64.1 Å².